The highest BCUT2D eigenvalue weighted by molar-refractivity contribution is 5.75. The van der Waals surface area contributed by atoms with E-state index < -0.39 is 0 Å². The third-order valence-electron chi connectivity index (χ3n) is 4.66. The van der Waals surface area contributed by atoms with Gasteiger partial charge in [-0.2, -0.15) is 0 Å². The standard InChI is InChI=1S/C18H35NO2/c1-3-4-5-6-7-8-9-10-11-12-18(21)19(2)15-16-13-17(20)14-16/h16-17,20H,3-15H2,1-2H3. The number of aliphatic hydroxyl groups is 1. The van der Waals surface area contributed by atoms with Gasteiger partial charge in [0.05, 0.1) is 6.10 Å². The topological polar surface area (TPSA) is 40.5 Å². The van der Waals surface area contributed by atoms with Crippen molar-refractivity contribution >= 4 is 5.91 Å². The van der Waals surface area contributed by atoms with Crippen LogP contribution in [0.2, 0.25) is 0 Å². The van der Waals surface area contributed by atoms with E-state index in [1.54, 1.807) is 0 Å². The van der Waals surface area contributed by atoms with Crippen LogP contribution in [0.25, 0.3) is 0 Å². The van der Waals surface area contributed by atoms with E-state index >= 15 is 0 Å². The molecule has 1 aliphatic carbocycles. The van der Waals surface area contributed by atoms with Crippen molar-refractivity contribution in [2.24, 2.45) is 5.92 Å². The van der Waals surface area contributed by atoms with Crippen molar-refractivity contribution in [2.45, 2.75) is 90.1 Å². The number of rotatable bonds is 12. The van der Waals surface area contributed by atoms with Crippen molar-refractivity contribution in [3.05, 3.63) is 0 Å². The number of carbonyl (C=O) groups is 1. The van der Waals surface area contributed by atoms with Gasteiger partial charge in [-0.05, 0) is 25.2 Å². The van der Waals surface area contributed by atoms with Crippen molar-refractivity contribution < 1.29 is 9.90 Å². The van der Waals surface area contributed by atoms with Crippen molar-refractivity contribution in [3.8, 4) is 0 Å². The fourth-order valence-electron chi connectivity index (χ4n) is 3.12. The van der Waals surface area contributed by atoms with Gasteiger partial charge in [0.2, 0.25) is 5.91 Å². The lowest BCUT2D eigenvalue weighted by atomic mass is 9.82. The Hall–Kier alpha value is -0.570. The molecule has 1 fully saturated rings. The van der Waals surface area contributed by atoms with Crippen LogP contribution in [-0.2, 0) is 4.79 Å². The van der Waals surface area contributed by atoms with Gasteiger partial charge in [0, 0.05) is 20.0 Å². The smallest absolute Gasteiger partial charge is 0.222 e. The highest BCUT2D eigenvalue weighted by Crippen LogP contribution is 2.27. The van der Waals surface area contributed by atoms with Crippen LogP contribution < -0.4 is 0 Å². The zero-order chi connectivity index (χ0) is 15.5. The molecule has 21 heavy (non-hydrogen) atoms. The van der Waals surface area contributed by atoms with Gasteiger partial charge in [-0.25, -0.2) is 0 Å². The molecule has 0 bridgehead atoms. The van der Waals surface area contributed by atoms with Crippen LogP contribution in [0.3, 0.4) is 0 Å². The Morgan fingerprint density at radius 3 is 2.05 bits per heavy atom. The second-order valence-corrected chi connectivity index (χ2v) is 6.84. The molecule has 1 amide bonds. The van der Waals surface area contributed by atoms with E-state index in [0.717, 1.165) is 25.8 Å². The van der Waals surface area contributed by atoms with E-state index in [0.29, 0.717) is 12.3 Å². The molecular weight excluding hydrogens is 262 g/mol. The zero-order valence-electron chi connectivity index (χ0n) is 14.1. The molecule has 0 atom stereocenters. The molecule has 1 N–H and O–H groups in total. The van der Waals surface area contributed by atoms with Gasteiger partial charge in [0.25, 0.3) is 0 Å². The average molecular weight is 297 g/mol. The first-order valence-corrected chi connectivity index (χ1v) is 9.05. The lowest BCUT2D eigenvalue weighted by Gasteiger charge is -2.34. The van der Waals surface area contributed by atoms with Crippen molar-refractivity contribution in [2.75, 3.05) is 13.6 Å². The minimum atomic E-state index is -0.115. The normalized spacial score (nSPS) is 21.1. The third-order valence-corrected chi connectivity index (χ3v) is 4.66. The summed E-state index contributed by atoms with van der Waals surface area (Å²) in [5.41, 5.74) is 0. The van der Waals surface area contributed by atoms with Gasteiger partial charge in [0.1, 0.15) is 0 Å². The van der Waals surface area contributed by atoms with Crippen LogP contribution in [0, 0.1) is 5.92 Å². The SMILES string of the molecule is CCCCCCCCCCCC(=O)N(C)CC1CC(O)C1. The van der Waals surface area contributed by atoms with E-state index in [4.69, 9.17) is 0 Å². The number of hydrogen-bond donors (Lipinski definition) is 1. The number of nitrogens with zero attached hydrogens (tertiary/aromatic N) is 1. The quantitative estimate of drug-likeness (QED) is 0.550. The minimum Gasteiger partial charge on any atom is -0.393 e. The molecule has 0 aromatic carbocycles. The lowest BCUT2D eigenvalue weighted by molar-refractivity contribution is -0.131. The lowest BCUT2D eigenvalue weighted by Crippen LogP contribution is -2.39. The van der Waals surface area contributed by atoms with Gasteiger partial charge in [-0.1, -0.05) is 58.3 Å². The summed E-state index contributed by atoms with van der Waals surface area (Å²) in [5, 5.41) is 9.26. The number of aliphatic hydroxyl groups excluding tert-OH is 1. The van der Waals surface area contributed by atoms with Crippen molar-refractivity contribution in [1.82, 2.24) is 4.90 Å². The molecule has 124 valence electrons. The van der Waals surface area contributed by atoms with Crippen LogP contribution in [-0.4, -0.2) is 35.6 Å². The van der Waals surface area contributed by atoms with Gasteiger partial charge >= 0.3 is 0 Å². The Morgan fingerprint density at radius 2 is 1.52 bits per heavy atom. The molecule has 0 heterocycles. The second kappa shape index (κ2) is 11.1. The molecule has 1 saturated carbocycles. The maximum Gasteiger partial charge on any atom is 0.222 e. The molecule has 0 aromatic rings. The molecular formula is C18H35NO2. The van der Waals surface area contributed by atoms with Crippen LogP contribution >= 0.6 is 0 Å². The van der Waals surface area contributed by atoms with E-state index in [1.165, 1.54) is 51.4 Å². The molecule has 3 heteroatoms. The highest BCUT2D eigenvalue weighted by atomic mass is 16.3. The largest absolute Gasteiger partial charge is 0.393 e. The fourth-order valence-corrected chi connectivity index (χ4v) is 3.12. The number of carbonyl (C=O) groups excluding carboxylic acids is 1. The van der Waals surface area contributed by atoms with Gasteiger partial charge in [-0.3, -0.25) is 4.79 Å². The maximum absolute atomic E-state index is 12.0. The molecule has 0 spiro atoms. The van der Waals surface area contributed by atoms with Gasteiger partial charge in [0.15, 0.2) is 0 Å². The van der Waals surface area contributed by atoms with Crippen molar-refractivity contribution in [1.29, 1.82) is 0 Å². The Bertz CT molecular complexity index is 274. The summed E-state index contributed by atoms with van der Waals surface area (Å²) in [6, 6.07) is 0. The first-order chi connectivity index (χ1) is 10.1. The Kier molecular flexibility index (Phi) is 9.73. The molecule has 0 radical (unpaired) electrons. The summed E-state index contributed by atoms with van der Waals surface area (Å²) in [6.45, 7) is 3.08. The van der Waals surface area contributed by atoms with E-state index in [1.807, 2.05) is 11.9 Å². The molecule has 0 saturated heterocycles. The van der Waals surface area contributed by atoms with Crippen molar-refractivity contribution in [3.63, 3.8) is 0 Å². The predicted octanol–water partition coefficient (Wildman–Crippen LogP) is 4.14. The average Bonchev–Trinajstić information content (AvgIpc) is 2.43. The zero-order valence-corrected chi connectivity index (χ0v) is 14.1. The molecule has 3 nitrogen and oxygen atoms in total. The maximum atomic E-state index is 12.0. The predicted molar refractivity (Wildman–Crippen MR) is 88.2 cm³/mol. The molecule has 1 rings (SSSR count). The fraction of sp³-hybridized carbons (Fsp3) is 0.944. The number of hydrogen-bond acceptors (Lipinski definition) is 2. The summed E-state index contributed by atoms with van der Waals surface area (Å²) in [5.74, 6) is 0.802. The first-order valence-electron chi connectivity index (χ1n) is 9.05. The first kappa shape index (κ1) is 18.5. The minimum absolute atomic E-state index is 0.115. The summed E-state index contributed by atoms with van der Waals surface area (Å²) in [7, 11) is 1.90. The van der Waals surface area contributed by atoms with Crippen LogP contribution in [0.4, 0.5) is 0 Å². The summed E-state index contributed by atoms with van der Waals surface area (Å²) >= 11 is 0. The van der Waals surface area contributed by atoms with E-state index in [-0.39, 0.29) is 12.0 Å². The summed E-state index contributed by atoms with van der Waals surface area (Å²) in [4.78, 5) is 13.8. The Morgan fingerprint density at radius 1 is 1.00 bits per heavy atom. The monoisotopic (exact) mass is 297 g/mol. The van der Waals surface area contributed by atoms with Crippen LogP contribution in [0.1, 0.15) is 84.0 Å². The number of amides is 1. The number of unbranched alkanes of at least 4 members (excludes halogenated alkanes) is 8. The third kappa shape index (κ3) is 8.45. The van der Waals surface area contributed by atoms with Crippen LogP contribution in [0.15, 0.2) is 0 Å². The molecule has 0 aromatic heterocycles. The molecule has 1 aliphatic rings. The van der Waals surface area contributed by atoms with Crippen LogP contribution in [0.5, 0.6) is 0 Å². The Labute approximate surface area is 131 Å². The highest BCUT2D eigenvalue weighted by Gasteiger charge is 2.28. The molecule has 0 aliphatic heterocycles. The molecule has 0 unspecified atom stereocenters. The van der Waals surface area contributed by atoms with E-state index in [9.17, 15) is 9.90 Å². The summed E-state index contributed by atoms with van der Waals surface area (Å²) in [6.07, 6.45) is 14.0. The van der Waals surface area contributed by atoms with E-state index in [2.05, 4.69) is 6.92 Å². The Balaban J connectivity index is 1.88. The van der Waals surface area contributed by atoms with Gasteiger partial charge < -0.3 is 10.0 Å². The summed E-state index contributed by atoms with van der Waals surface area (Å²) < 4.78 is 0. The second-order valence-electron chi connectivity index (χ2n) is 6.84. The van der Waals surface area contributed by atoms with Gasteiger partial charge in [-0.15, -0.1) is 0 Å².